The Kier molecular flexibility index (Phi) is 4.44. The van der Waals surface area contributed by atoms with Crippen molar-refractivity contribution in [1.29, 1.82) is 0 Å². The minimum atomic E-state index is 0.523. The molecule has 0 spiro atoms. The van der Waals surface area contributed by atoms with Gasteiger partial charge in [-0.1, -0.05) is 41.6 Å². The second kappa shape index (κ2) is 6.66. The summed E-state index contributed by atoms with van der Waals surface area (Å²) in [6.07, 6.45) is 0. The summed E-state index contributed by atoms with van der Waals surface area (Å²) in [6, 6.07) is 16.0. The topological polar surface area (TPSA) is 48.2 Å². The molecule has 4 nitrogen and oxygen atoms in total. The van der Waals surface area contributed by atoms with Crippen LogP contribution in [0.25, 0.3) is 11.5 Å². The second-order valence-electron chi connectivity index (χ2n) is 4.88. The smallest absolute Gasteiger partial charge is 0.277 e. The van der Waals surface area contributed by atoms with Gasteiger partial charge in [0.25, 0.3) is 5.22 Å². The Hall–Kier alpha value is -2.27. The zero-order valence-electron chi connectivity index (χ0n) is 12.4. The van der Waals surface area contributed by atoms with Crippen molar-refractivity contribution in [3.63, 3.8) is 0 Å². The molecule has 2 aromatic carbocycles. The molecule has 112 valence electrons. The average molecular weight is 312 g/mol. The van der Waals surface area contributed by atoms with Gasteiger partial charge in [0.1, 0.15) is 5.75 Å². The number of thioether (sulfide) groups is 1. The number of nitrogens with zero attached hydrogens (tertiary/aromatic N) is 2. The maximum Gasteiger partial charge on any atom is 0.277 e. The molecule has 0 fully saturated rings. The summed E-state index contributed by atoms with van der Waals surface area (Å²) in [5.41, 5.74) is 3.38. The van der Waals surface area contributed by atoms with Crippen LogP contribution in [0.3, 0.4) is 0 Å². The van der Waals surface area contributed by atoms with E-state index < -0.39 is 0 Å². The molecule has 0 saturated heterocycles. The number of hydrogen-bond donors (Lipinski definition) is 0. The molecule has 0 amide bonds. The molecular weight excluding hydrogens is 296 g/mol. The van der Waals surface area contributed by atoms with Gasteiger partial charge in [-0.05, 0) is 36.8 Å². The van der Waals surface area contributed by atoms with Crippen molar-refractivity contribution in [2.75, 3.05) is 7.11 Å². The van der Waals surface area contributed by atoms with E-state index in [2.05, 4.69) is 41.4 Å². The second-order valence-corrected chi connectivity index (χ2v) is 5.81. The normalized spacial score (nSPS) is 10.6. The molecule has 5 heteroatoms. The summed E-state index contributed by atoms with van der Waals surface area (Å²) in [7, 11) is 1.64. The third-order valence-electron chi connectivity index (χ3n) is 3.19. The predicted molar refractivity (Wildman–Crippen MR) is 87.0 cm³/mol. The highest BCUT2D eigenvalue weighted by Gasteiger charge is 2.09. The molecule has 1 heterocycles. The van der Waals surface area contributed by atoms with Crippen molar-refractivity contribution in [2.24, 2.45) is 0 Å². The first-order valence-corrected chi connectivity index (χ1v) is 7.89. The summed E-state index contributed by atoms with van der Waals surface area (Å²) < 4.78 is 10.8. The van der Waals surface area contributed by atoms with Crippen LogP contribution in [-0.2, 0) is 5.75 Å². The van der Waals surface area contributed by atoms with Gasteiger partial charge in [-0.3, -0.25) is 0 Å². The van der Waals surface area contributed by atoms with Crippen molar-refractivity contribution in [3.05, 3.63) is 59.7 Å². The van der Waals surface area contributed by atoms with Crippen LogP contribution in [0.2, 0.25) is 0 Å². The van der Waals surface area contributed by atoms with E-state index in [0.717, 1.165) is 17.1 Å². The standard InChI is InChI=1S/C17H16N2O2S/c1-12-4-3-5-13(10-12)11-22-17-19-18-16(21-17)14-6-8-15(20-2)9-7-14/h3-10H,11H2,1-2H3. The number of benzene rings is 2. The molecule has 0 saturated carbocycles. The number of ether oxygens (including phenoxy) is 1. The fourth-order valence-electron chi connectivity index (χ4n) is 2.07. The molecule has 0 bridgehead atoms. The molecule has 0 N–H and O–H groups in total. The lowest BCUT2D eigenvalue weighted by Crippen LogP contribution is -1.82. The molecule has 0 unspecified atom stereocenters. The number of hydrogen-bond acceptors (Lipinski definition) is 5. The Bertz CT molecular complexity index is 753. The molecule has 22 heavy (non-hydrogen) atoms. The SMILES string of the molecule is COc1ccc(-c2nnc(SCc3cccc(C)c3)o2)cc1. The van der Waals surface area contributed by atoms with Gasteiger partial charge in [0.05, 0.1) is 7.11 Å². The molecule has 0 atom stereocenters. The van der Waals surface area contributed by atoms with Crippen molar-refractivity contribution in [1.82, 2.24) is 10.2 Å². The van der Waals surface area contributed by atoms with Gasteiger partial charge >= 0.3 is 0 Å². The molecule has 0 aliphatic heterocycles. The van der Waals surface area contributed by atoms with Crippen LogP contribution < -0.4 is 4.74 Å². The zero-order valence-corrected chi connectivity index (χ0v) is 13.3. The van der Waals surface area contributed by atoms with E-state index >= 15 is 0 Å². The first-order chi connectivity index (χ1) is 10.7. The Morgan fingerprint density at radius 3 is 2.64 bits per heavy atom. The summed E-state index contributed by atoms with van der Waals surface area (Å²) in [4.78, 5) is 0. The average Bonchev–Trinajstić information content (AvgIpc) is 3.02. The molecule has 0 radical (unpaired) electrons. The highest BCUT2D eigenvalue weighted by atomic mass is 32.2. The van der Waals surface area contributed by atoms with Gasteiger partial charge in [-0.2, -0.15) is 0 Å². The largest absolute Gasteiger partial charge is 0.497 e. The van der Waals surface area contributed by atoms with Gasteiger partial charge < -0.3 is 9.15 Å². The molecule has 3 rings (SSSR count). The van der Waals surface area contributed by atoms with E-state index in [1.807, 2.05) is 24.3 Å². The highest BCUT2D eigenvalue weighted by molar-refractivity contribution is 7.98. The number of aromatic nitrogens is 2. The summed E-state index contributed by atoms with van der Waals surface area (Å²) in [6.45, 7) is 2.09. The lowest BCUT2D eigenvalue weighted by atomic mass is 10.2. The fourth-order valence-corrected chi connectivity index (χ4v) is 2.77. The summed E-state index contributed by atoms with van der Waals surface area (Å²) in [5.74, 6) is 2.14. The van der Waals surface area contributed by atoms with Gasteiger partial charge in [0.15, 0.2) is 0 Å². The van der Waals surface area contributed by atoms with Gasteiger partial charge in [0.2, 0.25) is 5.89 Å². The van der Waals surface area contributed by atoms with Gasteiger partial charge in [-0.25, -0.2) is 0 Å². The number of rotatable bonds is 5. The van der Waals surface area contributed by atoms with E-state index in [9.17, 15) is 0 Å². The molecule has 0 aliphatic carbocycles. The Labute approximate surface area is 133 Å². The van der Waals surface area contributed by atoms with E-state index in [4.69, 9.17) is 9.15 Å². The molecule has 3 aromatic rings. The van der Waals surface area contributed by atoms with Gasteiger partial charge in [0, 0.05) is 11.3 Å². The van der Waals surface area contributed by atoms with Crippen molar-refractivity contribution in [3.8, 4) is 17.2 Å². The predicted octanol–water partition coefficient (Wildman–Crippen LogP) is 4.35. The van der Waals surface area contributed by atoms with Crippen LogP contribution in [-0.4, -0.2) is 17.3 Å². The van der Waals surface area contributed by atoms with Crippen LogP contribution in [0.5, 0.6) is 5.75 Å². The third-order valence-corrected chi connectivity index (χ3v) is 4.08. The van der Waals surface area contributed by atoms with Crippen LogP contribution in [0.4, 0.5) is 0 Å². The maximum absolute atomic E-state index is 5.70. The third kappa shape index (κ3) is 3.49. The van der Waals surface area contributed by atoms with Crippen molar-refractivity contribution in [2.45, 2.75) is 17.9 Å². The Morgan fingerprint density at radius 1 is 1.09 bits per heavy atom. The monoisotopic (exact) mass is 312 g/mol. The lowest BCUT2D eigenvalue weighted by Gasteiger charge is -2.00. The first-order valence-electron chi connectivity index (χ1n) is 6.91. The van der Waals surface area contributed by atoms with Crippen LogP contribution >= 0.6 is 11.8 Å². The Balaban J connectivity index is 1.68. The van der Waals surface area contributed by atoms with Gasteiger partial charge in [-0.15, -0.1) is 10.2 Å². The Morgan fingerprint density at radius 2 is 1.91 bits per heavy atom. The van der Waals surface area contributed by atoms with E-state index in [-0.39, 0.29) is 0 Å². The fraction of sp³-hybridized carbons (Fsp3) is 0.176. The number of methoxy groups -OCH3 is 1. The summed E-state index contributed by atoms with van der Waals surface area (Å²) in [5, 5.41) is 8.76. The minimum absolute atomic E-state index is 0.523. The van der Waals surface area contributed by atoms with E-state index in [1.165, 1.54) is 11.1 Å². The quantitative estimate of drug-likeness (QED) is 0.656. The summed E-state index contributed by atoms with van der Waals surface area (Å²) >= 11 is 1.54. The van der Waals surface area contributed by atoms with E-state index in [0.29, 0.717) is 11.1 Å². The first kappa shape index (κ1) is 14.7. The van der Waals surface area contributed by atoms with E-state index in [1.54, 1.807) is 18.9 Å². The van der Waals surface area contributed by atoms with Crippen LogP contribution in [0.1, 0.15) is 11.1 Å². The highest BCUT2D eigenvalue weighted by Crippen LogP contribution is 2.26. The zero-order chi connectivity index (χ0) is 15.4. The lowest BCUT2D eigenvalue weighted by molar-refractivity contribution is 0.414. The van der Waals surface area contributed by atoms with Crippen molar-refractivity contribution < 1.29 is 9.15 Å². The minimum Gasteiger partial charge on any atom is -0.497 e. The number of aryl methyl sites for hydroxylation is 1. The van der Waals surface area contributed by atoms with Crippen LogP contribution in [0.15, 0.2) is 58.2 Å². The van der Waals surface area contributed by atoms with Crippen molar-refractivity contribution >= 4 is 11.8 Å². The molecule has 1 aromatic heterocycles. The van der Waals surface area contributed by atoms with Crippen LogP contribution in [0, 0.1) is 6.92 Å². The maximum atomic E-state index is 5.70. The molecular formula is C17H16N2O2S. The molecule has 0 aliphatic rings.